The molecule has 1 fully saturated rings. The lowest BCUT2D eigenvalue weighted by Gasteiger charge is -2.26. The number of nitrogens with zero attached hydrogens (tertiary/aromatic N) is 1. The first-order valence-corrected chi connectivity index (χ1v) is 9.01. The Kier molecular flexibility index (Phi) is 6.45. The molecule has 0 aromatic heterocycles. The number of hydrogen-bond acceptors (Lipinski definition) is 6. The summed E-state index contributed by atoms with van der Waals surface area (Å²) in [7, 11) is -4.05. The Morgan fingerprint density at radius 2 is 2.20 bits per heavy atom. The number of nitrogens with two attached hydrogens (primary N) is 1. The molecule has 10 heteroatoms. The molecule has 0 spiro atoms. The van der Waals surface area contributed by atoms with E-state index in [2.05, 4.69) is 0 Å². The Bertz CT molecular complexity index is 767. The van der Waals surface area contributed by atoms with Crippen molar-refractivity contribution in [3.8, 4) is 5.75 Å². The number of morpholine rings is 1. The molecule has 1 aliphatic rings. The molecule has 7 nitrogen and oxygen atoms in total. The fourth-order valence-corrected chi connectivity index (χ4v) is 3.55. The summed E-state index contributed by atoms with van der Waals surface area (Å²) in [6, 6.07) is 3.19. The third-order valence-electron chi connectivity index (χ3n) is 3.49. The van der Waals surface area contributed by atoms with Crippen LogP contribution in [0, 0.1) is 5.82 Å². The summed E-state index contributed by atoms with van der Waals surface area (Å²) in [5, 5.41) is 0. The Balaban J connectivity index is 2.12. The van der Waals surface area contributed by atoms with Gasteiger partial charge in [0.15, 0.2) is 9.84 Å². The number of ether oxygens (including phenoxy) is 2. The van der Waals surface area contributed by atoms with Crippen LogP contribution in [0.3, 0.4) is 0 Å². The maximum atomic E-state index is 14.2. The lowest BCUT2D eigenvalue weighted by molar-refractivity contribution is -0.141. The van der Waals surface area contributed by atoms with Crippen LogP contribution in [-0.2, 0) is 19.4 Å². The summed E-state index contributed by atoms with van der Waals surface area (Å²) in [5.41, 5.74) is 5.45. The summed E-state index contributed by atoms with van der Waals surface area (Å²) < 4.78 is 61.4. The third-order valence-corrected chi connectivity index (χ3v) is 5.14. The number of carbonyl (C=O) groups excluding carboxylic acids is 1. The molecular weight excluding hydrogens is 358 g/mol. The van der Waals surface area contributed by atoms with Gasteiger partial charge in [0.25, 0.3) is 0 Å². The molecule has 1 heterocycles. The van der Waals surface area contributed by atoms with E-state index in [4.69, 9.17) is 15.2 Å². The summed E-state index contributed by atoms with van der Waals surface area (Å²) in [6.07, 6.45) is 0.300. The van der Waals surface area contributed by atoms with E-state index in [1.807, 2.05) is 0 Å². The monoisotopic (exact) mass is 376 g/mol. The van der Waals surface area contributed by atoms with Crippen molar-refractivity contribution >= 4 is 15.7 Å². The van der Waals surface area contributed by atoms with E-state index in [9.17, 15) is 22.0 Å². The van der Waals surface area contributed by atoms with Gasteiger partial charge in [-0.3, -0.25) is 4.79 Å². The molecule has 1 aliphatic heterocycles. The summed E-state index contributed by atoms with van der Waals surface area (Å²) in [5.74, 6) is -2.08. The predicted octanol–water partition coefficient (Wildman–Crippen LogP) is 0.607. The Morgan fingerprint density at radius 1 is 1.44 bits per heavy atom. The van der Waals surface area contributed by atoms with Crippen LogP contribution < -0.4 is 10.5 Å². The van der Waals surface area contributed by atoms with Crippen molar-refractivity contribution < 1.29 is 31.5 Å². The van der Waals surface area contributed by atoms with Crippen LogP contribution in [0.1, 0.15) is 0 Å². The molecule has 0 unspecified atom stereocenters. The van der Waals surface area contributed by atoms with Gasteiger partial charge in [0.05, 0.1) is 12.9 Å². The molecule has 0 atom stereocenters. The SMILES string of the molecule is NC/C(=C\F)COc1ccc(S(=O)(=O)CN2CCOCC2=O)c(F)c1. The van der Waals surface area contributed by atoms with Gasteiger partial charge < -0.3 is 20.1 Å². The van der Waals surface area contributed by atoms with Gasteiger partial charge in [-0.2, -0.15) is 0 Å². The summed E-state index contributed by atoms with van der Waals surface area (Å²) in [6.45, 7) is -0.0867. The minimum absolute atomic E-state index is 0.0340. The lowest BCUT2D eigenvalue weighted by Crippen LogP contribution is -2.44. The van der Waals surface area contributed by atoms with E-state index < -0.39 is 32.3 Å². The van der Waals surface area contributed by atoms with Gasteiger partial charge in [0, 0.05) is 24.7 Å². The Labute approximate surface area is 143 Å². The van der Waals surface area contributed by atoms with Gasteiger partial charge in [-0.05, 0) is 12.1 Å². The molecule has 2 rings (SSSR count). The van der Waals surface area contributed by atoms with Crippen molar-refractivity contribution in [3.05, 3.63) is 35.9 Å². The van der Waals surface area contributed by atoms with E-state index >= 15 is 0 Å². The average Bonchev–Trinajstić information content (AvgIpc) is 2.57. The van der Waals surface area contributed by atoms with Crippen molar-refractivity contribution in [1.29, 1.82) is 0 Å². The second-order valence-corrected chi connectivity index (χ2v) is 7.23. The van der Waals surface area contributed by atoms with Crippen LogP contribution in [-0.4, -0.2) is 58.0 Å². The van der Waals surface area contributed by atoms with Gasteiger partial charge in [-0.15, -0.1) is 0 Å². The standard InChI is InChI=1S/C15H18F2N2O5S/c16-6-11(7-18)8-24-12-1-2-14(13(17)5-12)25(21,22)10-19-3-4-23-9-15(19)20/h1-2,5-6H,3-4,7-10,18H2/b11-6+. The van der Waals surface area contributed by atoms with Crippen LogP contribution in [0.25, 0.3) is 0 Å². The number of amides is 1. The number of hydrogen-bond donors (Lipinski definition) is 1. The maximum absolute atomic E-state index is 14.2. The second kappa shape index (κ2) is 8.37. The van der Waals surface area contributed by atoms with Crippen molar-refractivity contribution in [3.63, 3.8) is 0 Å². The molecule has 1 aromatic rings. The van der Waals surface area contributed by atoms with Crippen LogP contribution >= 0.6 is 0 Å². The van der Waals surface area contributed by atoms with E-state index in [1.165, 1.54) is 6.07 Å². The normalized spacial score (nSPS) is 16.2. The van der Waals surface area contributed by atoms with E-state index in [0.717, 1.165) is 17.0 Å². The van der Waals surface area contributed by atoms with Crippen molar-refractivity contribution in [2.24, 2.45) is 5.73 Å². The lowest BCUT2D eigenvalue weighted by atomic mass is 10.3. The quantitative estimate of drug-likeness (QED) is 0.749. The predicted molar refractivity (Wildman–Crippen MR) is 84.7 cm³/mol. The van der Waals surface area contributed by atoms with Crippen molar-refractivity contribution in [1.82, 2.24) is 4.90 Å². The topological polar surface area (TPSA) is 98.9 Å². The zero-order valence-electron chi connectivity index (χ0n) is 13.3. The molecule has 25 heavy (non-hydrogen) atoms. The highest BCUT2D eigenvalue weighted by Gasteiger charge is 2.27. The smallest absolute Gasteiger partial charge is 0.249 e. The number of benzene rings is 1. The Morgan fingerprint density at radius 3 is 2.80 bits per heavy atom. The van der Waals surface area contributed by atoms with Crippen molar-refractivity contribution in [2.75, 3.05) is 38.8 Å². The molecule has 1 saturated heterocycles. The highest BCUT2D eigenvalue weighted by atomic mass is 32.2. The molecule has 138 valence electrons. The molecular formula is C15H18F2N2O5S. The van der Waals surface area contributed by atoms with Crippen molar-refractivity contribution in [2.45, 2.75) is 4.90 Å². The molecule has 0 bridgehead atoms. The zero-order valence-corrected chi connectivity index (χ0v) is 14.1. The van der Waals surface area contributed by atoms with Crippen LogP contribution in [0.2, 0.25) is 0 Å². The molecule has 2 N–H and O–H groups in total. The highest BCUT2D eigenvalue weighted by molar-refractivity contribution is 7.91. The van der Waals surface area contributed by atoms with E-state index in [0.29, 0.717) is 6.33 Å². The van der Waals surface area contributed by atoms with Gasteiger partial charge in [-0.25, -0.2) is 17.2 Å². The molecule has 0 aliphatic carbocycles. The fourth-order valence-electron chi connectivity index (χ4n) is 2.10. The summed E-state index contributed by atoms with van der Waals surface area (Å²) >= 11 is 0. The van der Waals surface area contributed by atoms with Crippen LogP contribution in [0.15, 0.2) is 35.0 Å². The summed E-state index contributed by atoms with van der Waals surface area (Å²) in [4.78, 5) is 12.2. The van der Waals surface area contributed by atoms with Gasteiger partial charge in [0.1, 0.15) is 35.6 Å². The largest absolute Gasteiger partial charge is 0.489 e. The van der Waals surface area contributed by atoms with Gasteiger partial charge >= 0.3 is 0 Å². The zero-order chi connectivity index (χ0) is 18.4. The first kappa shape index (κ1) is 19.3. The molecule has 0 saturated carbocycles. The average molecular weight is 376 g/mol. The van der Waals surface area contributed by atoms with E-state index in [1.54, 1.807) is 0 Å². The van der Waals surface area contributed by atoms with Crippen LogP contribution in [0.4, 0.5) is 8.78 Å². The first-order chi connectivity index (χ1) is 11.9. The first-order valence-electron chi connectivity index (χ1n) is 7.36. The minimum Gasteiger partial charge on any atom is -0.489 e. The number of carbonyl (C=O) groups is 1. The van der Waals surface area contributed by atoms with Crippen LogP contribution in [0.5, 0.6) is 5.75 Å². The Hall–Kier alpha value is -2.04. The molecule has 0 radical (unpaired) electrons. The van der Waals surface area contributed by atoms with Gasteiger partial charge in [0.2, 0.25) is 5.91 Å². The second-order valence-electron chi connectivity index (χ2n) is 5.31. The molecule has 1 aromatic carbocycles. The third kappa shape index (κ3) is 4.97. The highest BCUT2D eigenvalue weighted by Crippen LogP contribution is 2.23. The number of rotatable bonds is 7. The fraction of sp³-hybridized carbons (Fsp3) is 0.400. The number of sulfone groups is 1. The van der Waals surface area contributed by atoms with Gasteiger partial charge in [-0.1, -0.05) is 0 Å². The maximum Gasteiger partial charge on any atom is 0.249 e. The minimum atomic E-state index is -4.05. The number of halogens is 2. The van der Waals surface area contributed by atoms with E-state index in [-0.39, 0.29) is 44.2 Å². The molecule has 1 amide bonds.